The number of nitrogens with zero attached hydrogens (tertiary/aromatic N) is 1. The number of thiophene rings is 1. The molecule has 0 fully saturated rings. The van der Waals surface area contributed by atoms with E-state index in [1.165, 1.54) is 24.6 Å². The lowest BCUT2D eigenvalue weighted by Gasteiger charge is -2.11. The van der Waals surface area contributed by atoms with Gasteiger partial charge >= 0.3 is 0 Å². The monoisotopic (exact) mass is 203 g/mol. The summed E-state index contributed by atoms with van der Waals surface area (Å²) in [6.45, 7) is 3.39. The van der Waals surface area contributed by atoms with Crippen LogP contribution in [0.3, 0.4) is 0 Å². The maximum Gasteiger partial charge on any atom is 0.273 e. The molecule has 0 aliphatic carbocycles. The number of hydrogen-bond acceptors (Lipinski definition) is 3. The fourth-order valence-corrected chi connectivity index (χ4v) is 2.84. The van der Waals surface area contributed by atoms with E-state index >= 15 is 0 Å². The average Bonchev–Trinajstić information content (AvgIpc) is 2.55. The molecule has 0 radical (unpaired) electrons. The van der Waals surface area contributed by atoms with Crippen LogP contribution in [0.1, 0.15) is 0 Å². The van der Waals surface area contributed by atoms with Crippen LogP contribution in [0.5, 0.6) is 0 Å². The largest absolute Gasteiger partial charge is 0.276 e. The Morgan fingerprint density at radius 3 is 2.75 bits per heavy atom. The van der Waals surface area contributed by atoms with Crippen molar-refractivity contribution in [2.75, 3.05) is 7.05 Å². The minimum absolute atomic E-state index is 0.338. The van der Waals surface area contributed by atoms with E-state index in [0.29, 0.717) is 4.21 Å². The van der Waals surface area contributed by atoms with E-state index in [-0.39, 0.29) is 0 Å². The second-order valence-electron chi connectivity index (χ2n) is 2.14. The minimum atomic E-state index is -3.31. The zero-order valence-corrected chi connectivity index (χ0v) is 8.23. The Morgan fingerprint density at radius 1 is 1.67 bits per heavy atom. The lowest BCUT2D eigenvalue weighted by atomic mass is 10.7. The Kier molecular flexibility index (Phi) is 2.54. The molecule has 0 unspecified atom stereocenters. The van der Waals surface area contributed by atoms with Gasteiger partial charge in [0.25, 0.3) is 10.0 Å². The van der Waals surface area contributed by atoms with E-state index in [2.05, 4.69) is 6.58 Å². The Hall–Kier alpha value is -0.810. The predicted octanol–water partition coefficient (Wildman–Crippen LogP) is 1.51. The molecule has 5 heteroatoms. The number of hydrogen-bond donors (Lipinski definition) is 0. The van der Waals surface area contributed by atoms with Crippen LogP contribution in [0.4, 0.5) is 0 Å². The summed E-state index contributed by atoms with van der Waals surface area (Å²) in [5, 5.41) is 1.73. The van der Waals surface area contributed by atoms with Crippen LogP contribution in [0.15, 0.2) is 34.5 Å². The molecule has 0 aliphatic rings. The molecule has 1 aromatic heterocycles. The maximum atomic E-state index is 11.5. The zero-order valence-electron chi connectivity index (χ0n) is 6.60. The third-order valence-corrected chi connectivity index (χ3v) is 4.52. The van der Waals surface area contributed by atoms with Gasteiger partial charge in [0.15, 0.2) is 0 Å². The van der Waals surface area contributed by atoms with Crippen molar-refractivity contribution >= 4 is 21.4 Å². The molecule has 0 N–H and O–H groups in total. The molecule has 0 saturated heterocycles. The summed E-state index contributed by atoms with van der Waals surface area (Å²) in [7, 11) is -1.85. The highest BCUT2D eigenvalue weighted by Crippen LogP contribution is 2.19. The highest BCUT2D eigenvalue weighted by Gasteiger charge is 2.17. The molecular formula is C7H9NO2S2. The molecule has 0 saturated carbocycles. The van der Waals surface area contributed by atoms with E-state index in [4.69, 9.17) is 0 Å². The third kappa shape index (κ3) is 1.51. The Balaban J connectivity index is 3.11. The summed E-state index contributed by atoms with van der Waals surface area (Å²) in [6.07, 6.45) is 1.27. The highest BCUT2D eigenvalue weighted by molar-refractivity contribution is 7.91. The lowest BCUT2D eigenvalue weighted by molar-refractivity contribution is 0.542. The standard InChI is InChI=1S/C7H9NO2S2/c1-3-8(2)12(9,10)7-5-4-6-11-7/h3-6H,1H2,2H3. The van der Waals surface area contributed by atoms with Crippen LogP contribution >= 0.6 is 11.3 Å². The van der Waals surface area contributed by atoms with Crippen LogP contribution in [0, 0.1) is 0 Å². The molecule has 0 aliphatic heterocycles. The molecule has 0 aromatic carbocycles. The number of rotatable bonds is 3. The van der Waals surface area contributed by atoms with Gasteiger partial charge in [-0.2, -0.15) is 0 Å². The minimum Gasteiger partial charge on any atom is -0.276 e. The summed E-state index contributed by atoms with van der Waals surface area (Å²) in [4.78, 5) is 0. The van der Waals surface area contributed by atoms with Crippen molar-refractivity contribution in [2.45, 2.75) is 4.21 Å². The molecule has 12 heavy (non-hydrogen) atoms. The normalized spacial score (nSPS) is 11.1. The van der Waals surface area contributed by atoms with Crippen molar-refractivity contribution in [1.29, 1.82) is 0 Å². The average molecular weight is 203 g/mol. The quantitative estimate of drug-likeness (QED) is 0.746. The van der Waals surface area contributed by atoms with Crippen LogP contribution in [0.25, 0.3) is 0 Å². The summed E-state index contributed by atoms with van der Waals surface area (Å²) < 4.78 is 24.4. The van der Waals surface area contributed by atoms with Gasteiger partial charge in [-0.1, -0.05) is 12.6 Å². The van der Waals surface area contributed by atoms with Crippen molar-refractivity contribution in [2.24, 2.45) is 0 Å². The van der Waals surface area contributed by atoms with Crippen LogP contribution < -0.4 is 0 Å². The van der Waals surface area contributed by atoms with Gasteiger partial charge in [-0.3, -0.25) is 4.31 Å². The molecule has 0 spiro atoms. The lowest BCUT2D eigenvalue weighted by Crippen LogP contribution is -2.19. The Morgan fingerprint density at radius 2 is 2.33 bits per heavy atom. The zero-order chi connectivity index (χ0) is 9.19. The van der Waals surface area contributed by atoms with Gasteiger partial charge in [0.1, 0.15) is 4.21 Å². The van der Waals surface area contributed by atoms with Gasteiger partial charge in [0.05, 0.1) is 0 Å². The van der Waals surface area contributed by atoms with Crippen LogP contribution in [-0.4, -0.2) is 19.8 Å². The molecule has 0 bridgehead atoms. The van der Waals surface area contributed by atoms with Gasteiger partial charge in [0, 0.05) is 13.2 Å². The van der Waals surface area contributed by atoms with E-state index in [0.717, 1.165) is 4.31 Å². The first kappa shape index (κ1) is 9.28. The van der Waals surface area contributed by atoms with Crippen molar-refractivity contribution < 1.29 is 8.42 Å². The van der Waals surface area contributed by atoms with E-state index < -0.39 is 10.0 Å². The Labute approximate surface area is 76.0 Å². The first-order valence-corrected chi connectivity index (χ1v) is 5.55. The van der Waals surface area contributed by atoms with Gasteiger partial charge < -0.3 is 0 Å². The first-order valence-electron chi connectivity index (χ1n) is 3.23. The molecule has 3 nitrogen and oxygen atoms in total. The molecule has 1 aromatic rings. The fourth-order valence-electron chi connectivity index (χ4n) is 0.650. The van der Waals surface area contributed by atoms with Crippen LogP contribution in [-0.2, 0) is 10.0 Å². The molecule has 1 heterocycles. The second kappa shape index (κ2) is 3.28. The van der Waals surface area contributed by atoms with E-state index in [9.17, 15) is 8.42 Å². The SMILES string of the molecule is C=CN(C)S(=O)(=O)c1cccs1. The van der Waals surface area contributed by atoms with Crippen molar-refractivity contribution in [3.63, 3.8) is 0 Å². The van der Waals surface area contributed by atoms with Gasteiger partial charge in [-0.05, 0) is 11.4 Å². The molecule has 1 rings (SSSR count). The third-order valence-electron chi connectivity index (χ3n) is 1.39. The maximum absolute atomic E-state index is 11.5. The van der Waals surface area contributed by atoms with Gasteiger partial charge in [-0.25, -0.2) is 8.42 Å². The topological polar surface area (TPSA) is 37.4 Å². The summed E-state index contributed by atoms with van der Waals surface area (Å²) in [5.74, 6) is 0. The molecule has 66 valence electrons. The van der Waals surface area contributed by atoms with Gasteiger partial charge in [0.2, 0.25) is 0 Å². The second-order valence-corrected chi connectivity index (χ2v) is 5.31. The predicted molar refractivity (Wildman–Crippen MR) is 49.5 cm³/mol. The summed E-state index contributed by atoms with van der Waals surface area (Å²) >= 11 is 1.20. The van der Waals surface area contributed by atoms with Crippen molar-refractivity contribution in [3.8, 4) is 0 Å². The van der Waals surface area contributed by atoms with Crippen molar-refractivity contribution in [3.05, 3.63) is 30.3 Å². The number of sulfonamides is 1. The Bertz CT molecular complexity index is 353. The van der Waals surface area contributed by atoms with Gasteiger partial charge in [-0.15, -0.1) is 11.3 Å². The summed E-state index contributed by atoms with van der Waals surface area (Å²) in [6, 6.07) is 3.27. The highest BCUT2D eigenvalue weighted by atomic mass is 32.2. The fraction of sp³-hybridized carbons (Fsp3) is 0.143. The molecule has 0 atom stereocenters. The van der Waals surface area contributed by atoms with Crippen molar-refractivity contribution in [1.82, 2.24) is 4.31 Å². The van der Waals surface area contributed by atoms with E-state index in [1.807, 2.05) is 0 Å². The van der Waals surface area contributed by atoms with E-state index in [1.54, 1.807) is 17.5 Å². The smallest absolute Gasteiger partial charge is 0.273 e. The molecule has 0 amide bonds. The first-order chi connectivity index (χ1) is 5.59. The summed E-state index contributed by atoms with van der Waals surface area (Å²) in [5.41, 5.74) is 0. The molecular weight excluding hydrogens is 194 g/mol. The van der Waals surface area contributed by atoms with Crippen LogP contribution in [0.2, 0.25) is 0 Å².